The fourth-order valence-electron chi connectivity index (χ4n) is 3.31. The van der Waals surface area contributed by atoms with E-state index in [9.17, 15) is 38.7 Å². The maximum atomic E-state index is 11.8. The summed E-state index contributed by atoms with van der Waals surface area (Å²) in [5.74, 6) is -1.20. The molecule has 3 heterocycles. The quantitative estimate of drug-likeness (QED) is 0.0923. The summed E-state index contributed by atoms with van der Waals surface area (Å²) in [6, 6.07) is 6.19. The highest BCUT2D eigenvalue weighted by atomic mass is 31.3. The number of carbonyl (C=O) groups excluding carboxylic acids is 1. The van der Waals surface area contributed by atoms with Crippen molar-refractivity contribution >= 4 is 52.1 Å². The molecular weight excluding hydrogens is 621 g/mol. The third-order valence-electron chi connectivity index (χ3n) is 5.00. The van der Waals surface area contributed by atoms with Gasteiger partial charge < -0.3 is 55.9 Å². The van der Waals surface area contributed by atoms with Gasteiger partial charge in [-0.25, -0.2) is 28.6 Å². The number of phosphoric acid groups is 3. The first kappa shape index (κ1) is 32.6. The van der Waals surface area contributed by atoms with Gasteiger partial charge in [0.2, 0.25) is 0 Å². The molecule has 226 valence electrons. The number of carbonyl (C=O) groups is 1. The molecule has 2 aromatic heterocycles. The molecule has 41 heavy (non-hydrogen) atoms. The van der Waals surface area contributed by atoms with E-state index in [-0.39, 0.29) is 28.2 Å². The smallest absolute Gasteiger partial charge is 0.490 e. The SMILES string of the molecule is Nc1ccccc1C(=O)[O-].Nc1ncnc2c1ncn2[C@@H]1O[C@H](COP(=O)(O)OP(=O)(O)OP(=O)(O)O)[C@@H](O)[C@H]1O. The van der Waals surface area contributed by atoms with Crippen molar-refractivity contribution in [3.63, 3.8) is 0 Å². The Bertz CT molecular complexity index is 1550. The van der Waals surface area contributed by atoms with Crippen molar-refractivity contribution in [3.05, 3.63) is 42.5 Å². The number of nitrogen functional groups attached to an aromatic ring is 2. The van der Waals surface area contributed by atoms with Gasteiger partial charge in [0, 0.05) is 11.3 Å². The Morgan fingerprint density at radius 3 is 2.24 bits per heavy atom. The molecule has 21 nitrogen and oxygen atoms in total. The number of fused-ring (bicyclic) bond motifs is 1. The number of hydrogen-bond donors (Lipinski definition) is 8. The van der Waals surface area contributed by atoms with E-state index in [1.54, 1.807) is 12.1 Å². The van der Waals surface area contributed by atoms with Gasteiger partial charge in [0.05, 0.1) is 18.9 Å². The van der Waals surface area contributed by atoms with E-state index in [0.29, 0.717) is 0 Å². The van der Waals surface area contributed by atoms with Gasteiger partial charge >= 0.3 is 23.5 Å². The summed E-state index contributed by atoms with van der Waals surface area (Å²) in [5.41, 5.74) is 11.6. The molecule has 4 rings (SSSR count). The molecule has 1 aromatic carbocycles. The normalized spacial score (nSPS) is 23.8. The van der Waals surface area contributed by atoms with Gasteiger partial charge in [0.1, 0.15) is 30.2 Å². The van der Waals surface area contributed by atoms with E-state index in [1.807, 2.05) is 0 Å². The van der Waals surface area contributed by atoms with Gasteiger partial charge in [-0.1, -0.05) is 18.2 Å². The van der Waals surface area contributed by atoms with Crippen LogP contribution < -0.4 is 16.6 Å². The monoisotopic (exact) mass is 643 g/mol. The second-order valence-corrected chi connectivity index (χ2v) is 12.3. The van der Waals surface area contributed by atoms with Crippen LogP contribution in [0, 0.1) is 0 Å². The van der Waals surface area contributed by atoms with Crippen molar-refractivity contribution in [1.29, 1.82) is 0 Å². The van der Waals surface area contributed by atoms with E-state index in [1.165, 1.54) is 23.0 Å². The first-order chi connectivity index (χ1) is 18.9. The highest BCUT2D eigenvalue weighted by Crippen LogP contribution is 2.66. The standard InChI is InChI=1S/C10H16N5O13P3.C7H7NO2/c11-8-5-9(13-2-12-8)15(3-14-5)10-7(17)6(16)4(26-10)1-25-30(21,22)28-31(23,24)27-29(18,19)20;8-6-4-2-1-3-5(6)7(9)10/h2-4,6-7,10,16-17H,1H2,(H,21,22)(H,23,24)(H2,11,12,13)(H2,18,19,20);1-4H,8H2,(H,9,10)/p-1/t4-,6-,7-,10-;/m1./s1. The van der Waals surface area contributed by atoms with Crippen LogP contribution in [-0.2, 0) is 31.6 Å². The second kappa shape index (κ2) is 12.6. The topological polar surface area (TPSA) is 345 Å². The van der Waals surface area contributed by atoms with E-state index in [0.717, 1.165) is 6.33 Å². The van der Waals surface area contributed by atoms with Crippen LogP contribution in [0.1, 0.15) is 16.6 Å². The van der Waals surface area contributed by atoms with Gasteiger partial charge in [0.25, 0.3) is 0 Å². The Balaban J connectivity index is 0.000000389. The molecule has 1 fully saturated rings. The number of aliphatic hydroxyl groups excluding tert-OH is 2. The summed E-state index contributed by atoms with van der Waals surface area (Å²) >= 11 is 0. The Kier molecular flexibility index (Phi) is 10.00. The lowest BCUT2D eigenvalue weighted by Gasteiger charge is -2.19. The molecule has 0 spiro atoms. The maximum absolute atomic E-state index is 11.8. The molecule has 24 heteroatoms. The van der Waals surface area contributed by atoms with Crippen LogP contribution in [-0.4, -0.2) is 80.2 Å². The number of nitrogens with zero attached hydrogens (tertiary/aromatic N) is 4. The van der Waals surface area contributed by atoms with E-state index >= 15 is 0 Å². The van der Waals surface area contributed by atoms with Crippen molar-refractivity contribution < 1.29 is 71.3 Å². The fourth-order valence-corrected chi connectivity index (χ4v) is 6.34. The number of benzene rings is 1. The number of ether oxygens (including phenoxy) is 1. The average Bonchev–Trinajstić information content (AvgIpc) is 3.38. The lowest BCUT2D eigenvalue weighted by molar-refractivity contribution is -0.254. The van der Waals surface area contributed by atoms with Gasteiger partial charge in [0.15, 0.2) is 17.7 Å². The molecule has 0 aliphatic carbocycles. The van der Waals surface area contributed by atoms with E-state index in [2.05, 4.69) is 28.1 Å². The molecule has 1 saturated heterocycles. The number of aliphatic hydroxyl groups is 2. The molecule has 1 aliphatic rings. The zero-order chi connectivity index (χ0) is 30.8. The number of carboxylic acids is 1. The minimum atomic E-state index is -5.70. The molecule has 0 bridgehead atoms. The third-order valence-corrected chi connectivity index (χ3v) is 8.80. The van der Waals surface area contributed by atoms with Crippen molar-refractivity contribution in [2.24, 2.45) is 0 Å². The molecule has 2 unspecified atom stereocenters. The van der Waals surface area contributed by atoms with Crippen molar-refractivity contribution in [1.82, 2.24) is 19.5 Å². The number of hydrogen-bond acceptors (Lipinski definition) is 16. The predicted octanol–water partition coefficient (Wildman–Crippen LogP) is -2.00. The Morgan fingerprint density at radius 1 is 1.00 bits per heavy atom. The maximum Gasteiger partial charge on any atom is 0.490 e. The zero-order valence-electron chi connectivity index (χ0n) is 20.1. The molecule has 0 radical (unpaired) electrons. The predicted molar refractivity (Wildman–Crippen MR) is 131 cm³/mol. The number of carboxylic acid groups (broad SMARTS) is 1. The molecule has 1 aliphatic heterocycles. The van der Waals surface area contributed by atoms with Crippen LogP contribution in [0.3, 0.4) is 0 Å². The number of aromatic nitrogens is 4. The van der Waals surface area contributed by atoms with Gasteiger partial charge in [-0.15, -0.1) is 0 Å². The lowest BCUT2D eigenvalue weighted by atomic mass is 10.1. The molecule has 3 aromatic rings. The summed E-state index contributed by atoms with van der Waals surface area (Å²) in [6.45, 7) is -0.956. The highest BCUT2D eigenvalue weighted by Gasteiger charge is 2.47. The first-order valence-corrected chi connectivity index (χ1v) is 15.2. The number of nitrogens with two attached hydrogens (primary N) is 2. The highest BCUT2D eigenvalue weighted by molar-refractivity contribution is 7.66. The fraction of sp³-hybridized carbons (Fsp3) is 0.294. The van der Waals surface area contributed by atoms with Crippen LogP contribution in [0.15, 0.2) is 36.9 Å². The van der Waals surface area contributed by atoms with Crippen LogP contribution in [0.25, 0.3) is 11.2 Å². The molecule has 0 amide bonds. The number of rotatable bonds is 9. The summed E-state index contributed by atoms with van der Waals surface area (Å²) < 4.78 is 51.9. The van der Waals surface area contributed by atoms with E-state index < -0.39 is 60.6 Å². The first-order valence-electron chi connectivity index (χ1n) is 10.7. The summed E-state index contributed by atoms with van der Waals surface area (Å²) in [4.78, 5) is 57.5. The van der Waals surface area contributed by atoms with Gasteiger partial charge in [-0.2, -0.15) is 8.62 Å². The summed E-state index contributed by atoms with van der Waals surface area (Å²) in [7, 11) is -16.7. The minimum absolute atomic E-state index is 0.0426. The Labute approximate surface area is 228 Å². The second-order valence-electron chi connectivity index (χ2n) is 7.89. The Morgan fingerprint density at radius 2 is 1.66 bits per heavy atom. The lowest BCUT2D eigenvalue weighted by Crippen LogP contribution is -2.33. The molecule has 10 N–H and O–H groups in total. The average molecular weight is 643 g/mol. The number of imidazole rings is 1. The zero-order valence-corrected chi connectivity index (χ0v) is 22.8. The minimum Gasteiger partial charge on any atom is -0.545 e. The molecule has 6 atom stereocenters. The summed E-state index contributed by atoms with van der Waals surface area (Å²) in [5, 5.41) is 30.6. The number of aromatic carboxylic acids is 1. The van der Waals surface area contributed by atoms with Crippen LogP contribution in [0.2, 0.25) is 0 Å². The summed E-state index contributed by atoms with van der Waals surface area (Å²) in [6.07, 6.45) is -3.69. The molecular formula is C17H22N6O15P3-. The third kappa shape index (κ3) is 8.57. The van der Waals surface area contributed by atoms with Crippen LogP contribution in [0.5, 0.6) is 0 Å². The van der Waals surface area contributed by atoms with Gasteiger partial charge in [-0.3, -0.25) is 9.09 Å². The number of phosphoric ester groups is 1. The van der Waals surface area contributed by atoms with Gasteiger partial charge in [-0.05, 0) is 6.07 Å². The largest absolute Gasteiger partial charge is 0.545 e. The van der Waals surface area contributed by atoms with Crippen LogP contribution in [0.4, 0.5) is 11.5 Å². The van der Waals surface area contributed by atoms with Crippen LogP contribution >= 0.6 is 23.5 Å². The van der Waals surface area contributed by atoms with E-state index in [4.69, 9.17) is 30.9 Å². The van der Waals surface area contributed by atoms with Crippen molar-refractivity contribution in [2.45, 2.75) is 24.5 Å². The van der Waals surface area contributed by atoms with Crippen molar-refractivity contribution in [2.75, 3.05) is 18.1 Å². The number of anilines is 2. The molecule has 0 saturated carbocycles. The number of para-hydroxylation sites is 1. The van der Waals surface area contributed by atoms with Crippen molar-refractivity contribution in [3.8, 4) is 0 Å². The Hall–Kier alpha value is -2.87.